The molecule has 36 heavy (non-hydrogen) atoms. The molecule has 4 amide bonds. The Hall–Kier alpha value is -3.28. The van der Waals surface area contributed by atoms with Gasteiger partial charge in [0.05, 0.1) is 17.3 Å². The molecule has 1 aromatic heterocycles. The Morgan fingerprint density at radius 2 is 1.89 bits per heavy atom. The molecule has 0 radical (unpaired) electrons. The summed E-state index contributed by atoms with van der Waals surface area (Å²) in [5.74, 6) is -0.0638. The maximum Gasteiger partial charge on any atom is 0.411 e. The third-order valence-electron chi connectivity index (χ3n) is 7.29. The van der Waals surface area contributed by atoms with Crippen LogP contribution in [-0.4, -0.2) is 64.4 Å². The van der Waals surface area contributed by atoms with E-state index in [0.29, 0.717) is 48.7 Å². The number of nitrogens with one attached hydrogen (secondary N) is 2. The van der Waals surface area contributed by atoms with Gasteiger partial charge in [0.1, 0.15) is 12.6 Å². The number of aromatic nitrogens is 1. The minimum Gasteiger partial charge on any atom is -0.369 e. The van der Waals surface area contributed by atoms with Crippen molar-refractivity contribution in [2.45, 2.75) is 68.9 Å². The van der Waals surface area contributed by atoms with Gasteiger partial charge in [0, 0.05) is 23.7 Å². The van der Waals surface area contributed by atoms with Crippen molar-refractivity contribution in [3.63, 3.8) is 0 Å². The number of urea groups is 1. The fourth-order valence-electron chi connectivity index (χ4n) is 5.56. The molecule has 5 atom stereocenters. The number of amides is 4. The summed E-state index contributed by atoms with van der Waals surface area (Å²) in [4.78, 5) is 39.8. The molecular weight excluding hydrogens is 479 g/mol. The van der Waals surface area contributed by atoms with Crippen molar-refractivity contribution in [3.8, 4) is 0 Å². The number of rotatable bonds is 5. The normalized spacial score (nSPS) is 27.5. The number of nitrogens with zero attached hydrogens (tertiary/aromatic N) is 2. The van der Waals surface area contributed by atoms with Gasteiger partial charge in [-0.1, -0.05) is 18.2 Å². The van der Waals surface area contributed by atoms with Crippen molar-refractivity contribution in [3.05, 3.63) is 30.5 Å². The monoisotopic (exact) mass is 507 g/mol. The quantitative estimate of drug-likeness (QED) is 0.573. The fourth-order valence-corrected chi connectivity index (χ4v) is 5.56. The van der Waals surface area contributed by atoms with Crippen molar-refractivity contribution in [1.82, 2.24) is 14.8 Å². The van der Waals surface area contributed by atoms with Gasteiger partial charge in [-0.05, 0) is 50.5 Å². The van der Waals surface area contributed by atoms with Gasteiger partial charge in [0.25, 0.3) is 0 Å². The van der Waals surface area contributed by atoms with Crippen LogP contribution < -0.4 is 16.4 Å². The number of likely N-dealkylation sites (tertiary alicyclic amines) is 1. The van der Waals surface area contributed by atoms with E-state index in [9.17, 15) is 27.6 Å². The van der Waals surface area contributed by atoms with Gasteiger partial charge in [-0.15, -0.1) is 0 Å². The topological polar surface area (TPSA) is 119 Å². The largest absolute Gasteiger partial charge is 0.411 e. The van der Waals surface area contributed by atoms with Crippen LogP contribution in [-0.2, 0) is 9.53 Å². The Kier molecular flexibility index (Phi) is 6.31. The Bertz CT molecular complexity index is 1180. The highest BCUT2D eigenvalue weighted by Crippen LogP contribution is 2.48. The van der Waals surface area contributed by atoms with E-state index in [1.807, 2.05) is 0 Å². The third-order valence-corrected chi connectivity index (χ3v) is 7.29. The number of fused-ring (bicyclic) bond motifs is 2. The Morgan fingerprint density at radius 3 is 2.64 bits per heavy atom. The van der Waals surface area contributed by atoms with Crippen LogP contribution in [0.15, 0.2) is 30.5 Å². The molecule has 2 heterocycles. The average molecular weight is 508 g/mol. The van der Waals surface area contributed by atoms with Crippen molar-refractivity contribution in [2.24, 2.45) is 11.7 Å². The van der Waals surface area contributed by atoms with Crippen molar-refractivity contribution in [2.75, 3.05) is 11.9 Å². The number of nitrogens with two attached hydrogens (primary N) is 1. The first-order valence-corrected chi connectivity index (χ1v) is 12.1. The second-order valence-electron chi connectivity index (χ2n) is 9.84. The molecular formula is C24H28F3N5O4. The smallest absolute Gasteiger partial charge is 0.369 e. The summed E-state index contributed by atoms with van der Waals surface area (Å²) in [6, 6.07) is 4.87. The Labute approximate surface area is 205 Å². The van der Waals surface area contributed by atoms with E-state index in [1.165, 1.54) is 10.8 Å². The van der Waals surface area contributed by atoms with Crippen LogP contribution in [0.3, 0.4) is 0 Å². The lowest BCUT2D eigenvalue weighted by molar-refractivity contribution is -0.188. The van der Waals surface area contributed by atoms with Gasteiger partial charge in [-0.2, -0.15) is 13.2 Å². The summed E-state index contributed by atoms with van der Waals surface area (Å²) in [5, 5.41) is 6.42. The molecule has 1 aromatic carbocycles. The average Bonchev–Trinajstić information content (AvgIpc) is 3.33. The maximum atomic E-state index is 13.3. The molecule has 1 saturated heterocycles. The van der Waals surface area contributed by atoms with Crippen LogP contribution in [0.25, 0.3) is 10.9 Å². The first kappa shape index (κ1) is 24.4. The molecule has 0 spiro atoms. The van der Waals surface area contributed by atoms with E-state index in [1.54, 1.807) is 29.2 Å². The van der Waals surface area contributed by atoms with Crippen LogP contribution in [0.4, 0.5) is 28.4 Å². The summed E-state index contributed by atoms with van der Waals surface area (Å²) in [7, 11) is 0. The van der Waals surface area contributed by atoms with Gasteiger partial charge in [-0.3, -0.25) is 9.36 Å². The molecule has 0 unspecified atom stereocenters. The number of carbonyl (C=O) groups is 3. The lowest BCUT2D eigenvalue weighted by atomic mass is 9.92. The number of ether oxygens (including phenoxy) is 1. The number of primary amides is 1. The molecule has 9 nitrogen and oxygen atoms in total. The summed E-state index contributed by atoms with van der Waals surface area (Å²) in [6.45, 7) is -1.30. The second-order valence-corrected chi connectivity index (χ2v) is 9.84. The molecule has 2 saturated carbocycles. The zero-order chi connectivity index (χ0) is 25.6. The zero-order valence-corrected chi connectivity index (χ0v) is 19.5. The highest BCUT2D eigenvalue weighted by Gasteiger charge is 2.56. The molecule has 1 aliphatic heterocycles. The van der Waals surface area contributed by atoms with E-state index in [-0.39, 0.29) is 23.9 Å². The predicted molar refractivity (Wildman–Crippen MR) is 124 cm³/mol. The van der Waals surface area contributed by atoms with E-state index < -0.39 is 37.0 Å². The number of anilines is 1. The standard InChI is InChI=1S/C24H28F3N5O4/c25-24(26,27)12-36-15-5-3-4-14(10-15)29-21(33)20-9-13-8-19(13)32(20)23(35)30-17-11-31(22(28)34)18-7-2-1-6-16(17)18/h1-2,6-7,11,13-15,19-20H,3-5,8-10,12H2,(H2,28,34)(H,29,33)(H,30,35)/t13-,14-,15+,19-,20+/m1/s1. The molecule has 2 aliphatic carbocycles. The number of halogens is 3. The summed E-state index contributed by atoms with van der Waals surface area (Å²) in [5.41, 5.74) is 6.43. The second kappa shape index (κ2) is 9.30. The number of hydrogen-bond acceptors (Lipinski definition) is 4. The molecule has 3 fully saturated rings. The number of carbonyl (C=O) groups excluding carboxylic acids is 3. The lowest BCUT2D eigenvalue weighted by Crippen LogP contribution is -2.52. The molecule has 194 valence electrons. The van der Waals surface area contributed by atoms with Crippen LogP contribution in [0.2, 0.25) is 0 Å². The highest BCUT2D eigenvalue weighted by molar-refractivity contribution is 6.05. The van der Waals surface area contributed by atoms with Crippen LogP contribution in [0, 0.1) is 5.92 Å². The number of piperidine rings is 1. The lowest BCUT2D eigenvalue weighted by Gasteiger charge is -2.32. The van der Waals surface area contributed by atoms with Crippen LogP contribution in [0.5, 0.6) is 0 Å². The third kappa shape index (κ3) is 4.99. The molecule has 3 aliphatic rings. The predicted octanol–water partition coefficient (Wildman–Crippen LogP) is 3.57. The number of hydrogen-bond donors (Lipinski definition) is 3. The molecule has 12 heteroatoms. The van der Waals surface area contributed by atoms with Gasteiger partial charge < -0.3 is 26.0 Å². The number of para-hydroxylation sites is 1. The van der Waals surface area contributed by atoms with Gasteiger partial charge >= 0.3 is 18.2 Å². The van der Waals surface area contributed by atoms with Crippen LogP contribution >= 0.6 is 0 Å². The SMILES string of the molecule is NC(=O)n1cc(NC(=O)N2[C@@H]3C[C@@H]3C[C@H]2C(=O)N[C@@H]2CCC[C@H](OCC(F)(F)F)C2)c2ccccc21. The van der Waals surface area contributed by atoms with E-state index in [0.717, 1.165) is 6.42 Å². The van der Waals surface area contributed by atoms with Crippen molar-refractivity contribution >= 4 is 34.6 Å². The van der Waals surface area contributed by atoms with Crippen molar-refractivity contribution in [1.29, 1.82) is 0 Å². The van der Waals surface area contributed by atoms with Gasteiger partial charge in [-0.25, -0.2) is 9.59 Å². The van der Waals surface area contributed by atoms with E-state index >= 15 is 0 Å². The van der Waals surface area contributed by atoms with E-state index in [2.05, 4.69) is 10.6 Å². The minimum absolute atomic E-state index is 0.0422. The first-order valence-electron chi connectivity index (χ1n) is 12.1. The highest BCUT2D eigenvalue weighted by atomic mass is 19.4. The minimum atomic E-state index is -4.39. The van der Waals surface area contributed by atoms with Crippen LogP contribution in [0.1, 0.15) is 38.5 Å². The van der Waals surface area contributed by atoms with Crippen molar-refractivity contribution < 1.29 is 32.3 Å². The summed E-state index contributed by atoms with van der Waals surface area (Å²) in [6.07, 6.45) is -0.0194. The summed E-state index contributed by atoms with van der Waals surface area (Å²) < 4.78 is 43.8. The molecule has 2 aromatic rings. The number of alkyl halides is 3. The van der Waals surface area contributed by atoms with E-state index in [4.69, 9.17) is 10.5 Å². The number of benzene rings is 1. The summed E-state index contributed by atoms with van der Waals surface area (Å²) >= 11 is 0. The Balaban J connectivity index is 1.25. The van der Waals surface area contributed by atoms with Gasteiger partial charge in [0.15, 0.2) is 0 Å². The fraction of sp³-hybridized carbons (Fsp3) is 0.542. The zero-order valence-electron chi connectivity index (χ0n) is 19.5. The Morgan fingerprint density at radius 1 is 1.11 bits per heavy atom. The molecule has 0 bridgehead atoms. The van der Waals surface area contributed by atoms with Gasteiger partial charge in [0.2, 0.25) is 5.91 Å². The first-order chi connectivity index (χ1) is 17.1. The molecule has 5 rings (SSSR count). The molecule has 4 N–H and O–H groups in total. The maximum absolute atomic E-state index is 13.3.